The summed E-state index contributed by atoms with van der Waals surface area (Å²) in [7, 11) is 0. The predicted molar refractivity (Wildman–Crippen MR) is 79.1 cm³/mol. The first-order valence-electron chi connectivity index (χ1n) is 6.41. The number of fused-ring (bicyclic) bond motifs is 1. The minimum Gasteiger partial charge on any atom is -0.409 e. The van der Waals surface area contributed by atoms with Crippen LogP contribution >= 0.6 is 0 Å². The zero-order valence-corrected chi connectivity index (χ0v) is 11.9. The number of hydrogen-bond acceptors (Lipinski definition) is 5. The number of para-hydroxylation sites is 1. The summed E-state index contributed by atoms with van der Waals surface area (Å²) in [5.41, 5.74) is 6.58. The van der Waals surface area contributed by atoms with E-state index in [-0.39, 0.29) is 18.3 Å². The fourth-order valence-corrected chi connectivity index (χ4v) is 1.80. The minimum absolute atomic E-state index is 0.0560. The molecule has 0 fully saturated rings. The molecule has 110 valence electrons. The number of amides is 1. The fourth-order valence-electron chi connectivity index (χ4n) is 1.80. The summed E-state index contributed by atoms with van der Waals surface area (Å²) < 4.78 is 0. The second-order valence-corrected chi connectivity index (χ2v) is 5.28. The number of benzene rings is 1. The number of nitrogens with zero attached hydrogens (tertiary/aromatic N) is 3. The van der Waals surface area contributed by atoms with Gasteiger partial charge in [0, 0.05) is 24.4 Å². The van der Waals surface area contributed by atoms with Crippen molar-refractivity contribution in [2.45, 2.75) is 13.8 Å². The average Bonchev–Trinajstić information content (AvgIpc) is 2.51. The Morgan fingerprint density at radius 2 is 2.10 bits per heavy atom. The van der Waals surface area contributed by atoms with Crippen LogP contribution in [-0.4, -0.2) is 33.5 Å². The first kappa shape index (κ1) is 14.7. The number of aromatic nitrogens is 2. The van der Waals surface area contributed by atoms with E-state index in [1.165, 1.54) is 0 Å². The molecule has 0 unspecified atom stereocenters. The van der Waals surface area contributed by atoms with Crippen LogP contribution in [-0.2, 0) is 0 Å². The Kier molecular flexibility index (Phi) is 4.02. The lowest BCUT2D eigenvalue weighted by atomic mass is 9.92. The van der Waals surface area contributed by atoms with Crippen LogP contribution in [0.15, 0.2) is 35.7 Å². The van der Waals surface area contributed by atoms with Crippen LogP contribution in [0, 0.1) is 5.41 Å². The molecular weight excluding hydrogens is 270 g/mol. The van der Waals surface area contributed by atoms with Crippen molar-refractivity contribution >= 4 is 22.8 Å². The Morgan fingerprint density at radius 3 is 2.81 bits per heavy atom. The smallest absolute Gasteiger partial charge is 0.253 e. The van der Waals surface area contributed by atoms with Gasteiger partial charge in [-0.3, -0.25) is 14.8 Å². The topological polar surface area (TPSA) is 113 Å². The number of amidine groups is 1. The van der Waals surface area contributed by atoms with E-state index in [1.807, 2.05) is 0 Å². The van der Waals surface area contributed by atoms with E-state index in [1.54, 1.807) is 44.4 Å². The van der Waals surface area contributed by atoms with Gasteiger partial charge in [-0.1, -0.05) is 25.1 Å². The van der Waals surface area contributed by atoms with Crippen LogP contribution in [0.4, 0.5) is 0 Å². The summed E-state index contributed by atoms with van der Waals surface area (Å²) in [6, 6.07) is 5.23. The summed E-state index contributed by atoms with van der Waals surface area (Å²) in [4.78, 5) is 20.6. The summed E-state index contributed by atoms with van der Waals surface area (Å²) in [6.07, 6.45) is 3.12. The predicted octanol–water partition coefficient (Wildman–Crippen LogP) is 1.13. The molecule has 0 aliphatic carbocycles. The van der Waals surface area contributed by atoms with Gasteiger partial charge in [0.05, 0.1) is 11.1 Å². The largest absolute Gasteiger partial charge is 0.409 e. The van der Waals surface area contributed by atoms with Crippen molar-refractivity contribution in [1.29, 1.82) is 0 Å². The van der Waals surface area contributed by atoms with Gasteiger partial charge in [0.1, 0.15) is 11.4 Å². The molecular formula is C14H17N5O2. The number of carbonyl (C=O) groups excluding carboxylic acids is 1. The Morgan fingerprint density at radius 1 is 1.38 bits per heavy atom. The van der Waals surface area contributed by atoms with Gasteiger partial charge < -0.3 is 16.3 Å². The second kappa shape index (κ2) is 5.74. The number of nitrogens with one attached hydrogen (secondary N) is 1. The van der Waals surface area contributed by atoms with E-state index in [2.05, 4.69) is 20.4 Å². The summed E-state index contributed by atoms with van der Waals surface area (Å²) in [5, 5.41) is 14.5. The van der Waals surface area contributed by atoms with E-state index < -0.39 is 5.41 Å². The van der Waals surface area contributed by atoms with Crippen molar-refractivity contribution in [3.63, 3.8) is 0 Å². The van der Waals surface area contributed by atoms with Gasteiger partial charge in [-0.15, -0.1) is 0 Å². The average molecular weight is 287 g/mol. The number of rotatable bonds is 4. The molecule has 4 N–H and O–H groups in total. The standard InChI is InChI=1S/C14H17N5O2/c1-14(2,13(15)19-21)8-18-12(20)9-4-3-5-10-11(9)17-7-6-16-10/h3-7,21H,8H2,1-2H3,(H2,15,19)(H,18,20). The highest BCUT2D eigenvalue weighted by Gasteiger charge is 2.25. The van der Waals surface area contributed by atoms with E-state index in [4.69, 9.17) is 10.9 Å². The van der Waals surface area contributed by atoms with Crippen molar-refractivity contribution in [2.75, 3.05) is 6.54 Å². The normalized spacial score (nSPS) is 12.4. The quantitative estimate of drug-likeness (QED) is 0.337. The number of nitrogens with two attached hydrogens (primary N) is 1. The molecule has 21 heavy (non-hydrogen) atoms. The van der Waals surface area contributed by atoms with Crippen molar-refractivity contribution in [3.8, 4) is 0 Å². The van der Waals surface area contributed by atoms with E-state index in [0.717, 1.165) is 0 Å². The first-order chi connectivity index (χ1) is 9.95. The van der Waals surface area contributed by atoms with Gasteiger partial charge in [0.15, 0.2) is 0 Å². The van der Waals surface area contributed by atoms with Crippen LogP contribution in [0.2, 0.25) is 0 Å². The maximum atomic E-state index is 12.3. The van der Waals surface area contributed by atoms with Crippen molar-refractivity contribution < 1.29 is 10.0 Å². The van der Waals surface area contributed by atoms with Crippen LogP contribution in [0.5, 0.6) is 0 Å². The maximum Gasteiger partial charge on any atom is 0.253 e. The van der Waals surface area contributed by atoms with Gasteiger partial charge in [0.2, 0.25) is 0 Å². The van der Waals surface area contributed by atoms with Crippen molar-refractivity contribution in [3.05, 3.63) is 36.2 Å². The van der Waals surface area contributed by atoms with Crippen LogP contribution < -0.4 is 11.1 Å². The van der Waals surface area contributed by atoms with Gasteiger partial charge >= 0.3 is 0 Å². The van der Waals surface area contributed by atoms with Gasteiger partial charge in [-0.25, -0.2) is 0 Å². The molecule has 1 aromatic heterocycles. The van der Waals surface area contributed by atoms with Gasteiger partial charge in [0.25, 0.3) is 5.91 Å². The third-order valence-corrected chi connectivity index (χ3v) is 3.24. The minimum atomic E-state index is -0.652. The molecule has 1 amide bonds. The Hall–Kier alpha value is -2.70. The number of carbonyl (C=O) groups is 1. The van der Waals surface area contributed by atoms with Crippen molar-refractivity contribution in [1.82, 2.24) is 15.3 Å². The van der Waals surface area contributed by atoms with E-state index in [0.29, 0.717) is 16.6 Å². The molecule has 2 aromatic rings. The lowest BCUT2D eigenvalue weighted by Gasteiger charge is -2.23. The Balaban J connectivity index is 2.20. The number of oxime groups is 1. The van der Waals surface area contributed by atoms with E-state index >= 15 is 0 Å². The van der Waals surface area contributed by atoms with Crippen LogP contribution in [0.3, 0.4) is 0 Å². The third-order valence-electron chi connectivity index (χ3n) is 3.24. The number of hydrogen-bond donors (Lipinski definition) is 3. The highest BCUT2D eigenvalue weighted by Crippen LogP contribution is 2.16. The zero-order chi connectivity index (χ0) is 15.5. The second-order valence-electron chi connectivity index (χ2n) is 5.28. The zero-order valence-electron chi connectivity index (χ0n) is 11.9. The Labute approximate surface area is 121 Å². The molecule has 0 saturated carbocycles. The lowest BCUT2D eigenvalue weighted by Crippen LogP contribution is -2.42. The monoisotopic (exact) mass is 287 g/mol. The molecule has 2 rings (SSSR count). The molecule has 0 aliphatic heterocycles. The molecule has 0 bridgehead atoms. The molecule has 0 aliphatic rings. The molecule has 0 radical (unpaired) electrons. The highest BCUT2D eigenvalue weighted by molar-refractivity contribution is 6.04. The molecule has 0 atom stereocenters. The third kappa shape index (κ3) is 3.07. The lowest BCUT2D eigenvalue weighted by molar-refractivity contribution is 0.0946. The summed E-state index contributed by atoms with van der Waals surface area (Å²) in [5.74, 6) is -0.222. The summed E-state index contributed by atoms with van der Waals surface area (Å²) >= 11 is 0. The SMILES string of the molecule is CC(C)(CNC(=O)c1cccc2nccnc12)/C(N)=N/O. The Bertz CT molecular complexity index is 691. The molecule has 0 spiro atoms. The first-order valence-corrected chi connectivity index (χ1v) is 6.41. The molecule has 7 nitrogen and oxygen atoms in total. The maximum absolute atomic E-state index is 12.3. The van der Waals surface area contributed by atoms with Gasteiger partial charge in [-0.05, 0) is 12.1 Å². The van der Waals surface area contributed by atoms with Crippen LogP contribution in [0.25, 0.3) is 11.0 Å². The fraction of sp³-hybridized carbons (Fsp3) is 0.286. The van der Waals surface area contributed by atoms with Crippen LogP contribution in [0.1, 0.15) is 24.2 Å². The van der Waals surface area contributed by atoms with Crippen molar-refractivity contribution in [2.24, 2.45) is 16.3 Å². The molecule has 7 heteroatoms. The molecule has 1 aromatic carbocycles. The van der Waals surface area contributed by atoms with Gasteiger partial charge in [-0.2, -0.15) is 0 Å². The molecule has 1 heterocycles. The highest BCUT2D eigenvalue weighted by atomic mass is 16.4. The summed E-state index contributed by atoms with van der Waals surface area (Å²) in [6.45, 7) is 3.77. The van der Waals surface area contributed by atoms with E-state index in [9.17, 15) is 4.79 Å². The molecule has 0 saturated heterocycles.